The molecule has 0 saturated heterocycles. The number of rotatable bonds is 5. The van der Waals surface area contributed by atoms with Crippen LogP contribution in [-0.4, -0.2) is 16.9 Å². The average molecular weight is 410 g/mol. The quantitative estimate of drug-likeness (QED) is 0.318. The maximum atomic E-state index is 11.8. The number of hydrogen-bond acceptors (Lipinski definition) is 3. The van der Waals surface area contributed by atoms with Gasteiger partial charge in [0.1, 0.15) is 0 Å². The molecule has 4 rings (SSSR count). The van der Waals surface area contributed by atoms with Crippen LogP contribution in [0, 0.1) is 0 Å². The molecule has 2 N–H and O–H groups in total. The molecule has 0 unspecified atom stereocenters. The first-order valence-corrected chi connectivity index (χ1v) is 9.95. The average Bonchev–Trinajstić information content (AvgIpc) is 3.09. The number of aromatic amines is 1. The lowest BCUT2D eigenvalue weighted by molar-refractivity contribution is -0.131. The first-order chi connectivity index (χ1) is 15.0. The van der Waals surface area contributed by atoms with Crippen LogP contribution in [0.4, 0.5) is 5.69 Å². The van der Waals surface area contributed by atoms with Crippen LogP contribution in [-0.2, 0) is 9.59 Å². The van der Waals surface area contributed by atoms with E-state index >= 15 is 0 Å². The van der Waals surface area contributed by atoms with Crippen LogP contribution >= 0.6 is 0 Å². The maximum absolute atomic E-state index is 11.8. The van der Waals surface area contributed by atoms with Gasteiger partial charge in [-0.1, -0.05) is 72.8 Å². The zero-order chi connectivity index (χ0) is 21.8. The van der Waals surface area contributed by atoms with Gasteiger partial charge in [0.25, 0.3) is 0 Å². The number of benzene rings is 3. The molecule has 0 aliphatic rings. The predicted octanol–water partition coefficient (Wildman–Crippen LogP) is 5.89. The van der Waals surface area contributed by atoms with Crippen molar-refractivity contribution in [1.82, 2.24) is 4.98 Å². The van der Waals surface area contributed by atoms with Crippen molar-refractivity contribution in [3.63, 3.8) is 0 Å². The van der Waals surface area contributed by atoms with E-state index in [1.807, 2.05) is 84.9 Å². The second-order valence-corrected chi connectivity index (χ2v) is 7.20. The lowest BCUT2D eigenvalue weighted by atomic mass is 10.1. The monoisotopic (exact) mass is 410 g/mol. The van der Waals surface area contributed by atoms with E-state index in [-0.39, 0.29) is 5.91 Å². The Balaban J connectivity index is 1.90. The summed E-state index contributed by atoms with van der Waals surface area (Å²) in [5.74, 6) is -0.0911. The van der Waals surface area contributed by atoms with Gasteiger partial charge in [0.15, 0.2) is 5.75 Å². The number of hydrogen-bond donors (Lipinski definition) is 2. The Hall–Kier alpha value is -4.12. The van der Waals surface area contributed by atoms with E-state index in [9.17, 15) is 9.59 Å². The molecule has 0 aliphatic heterocycles. The Labute approximate surface area is 180 Å². The van der Waals surface area contributed by atoms with E-state index in [1.165, 1.54) is 13.8 Å². The zero-order valence-electron chi connectivity index (χ0n) is 17.3. The van der Waals surface area contributed by atoms with Crippen molar-refractivity contribution in [1.29, 1.82) is 0 Å². The number of ether oxygens (including phenoxy) is 1. The molecule has 1 heterocycles. The Kier molecular flexibility index (Phi) is 5.67. The summed E-state index contributed by atoms with van der Waals surface area (Å²) >= 11 is 0. The van der Waals surface area contributed by atoms with E-state index in [0.29, 0.717) is 17.1 Å². The number of aromatic nitrogens is 1. The van der Waals surface area contributed by atoms with Crippen molar-refractivity contribution in [3.8, 4) is 17.0 Å². The number of nitrogens with one attached hydrogen (secondary N) is 2. The van der Waals surface area contributed by atoms with E-state index in [1.54, 1.807) is 0 Å². The van der Waals surface area contributed by atoms with E-state index in [0.717, 1.165) is 27.6 Å². The molecule has 0 bridgehead atoms. The summed E-state index contributed by atoms with van der Waals surface area (Å²) in [5.41, 5.74) is 4.88. The molecule has 3 aromatic carbocycles. The highest BCUT2D eigenvalue weighted by Gasteiger charge is 2.18. The number of esters is 1. The minimum Gasteiger partial charge on any atom is -0.424 e. The molecule has 0 aliphatic carbocycles. The second-order valence-electron chi connectivity index (χ2n) is 7.20. The molecule has 0 saturated carbocycles. The molecule has 0 fully saturated rings. The molecule has 0 radical (unpaired) electrons. The summed E-state index contributed by atoms with van der Waals surface area (Å²) < 4.78 is 5.61. The minimum absolute atomic E-state index is 0.163. The van der Waals surface area contributed by atoms with Crippen LogP contribution in [0.3, 0.4) is 0 Å². The largest absolute Gasteiger partial charge is 0.424 e. The van der Waals surface area contributed by atoms with Crippen LogP contribution in [0.2, 0.25) is 0 Å². The highest BCUT2D eigenvalue weighted by atomic mass is 16.5. The fraction of sp³-hybridized carbons (Fsp3) is 0.0769. The van der Waals surface area contributed by atoms with Crippen molar-refractivity contribution >= 4 is 40.6 Å². The number of carbonyl (C=O) groups is 2. The van der Waals surface area contributed by atoms with E-state index in [2.05, 4.69) is 10.3 Å². The van der Waals surface area contributed by atoms with Gasteiger partial charge in [0.2, 0.25) is 5.91 Å². The summed E-state index contributed by atoms with van der Waals surface area (Å²) in [6, 6.07) is 23.4. The van der Waals surface area contributed by atoms with Crippen molar-refractivity contribution in [3.05, 3.63) is 83.9 Å². The van der Waals surface area contributed by atoms with Gasteiger partial charge < -0.3 is 15.0 Å². The Morgan fingerprint density at radius 3 is 2.23 bits per heavy atom. The standard InChI is InChI=1S/C26H22N2O3/c1-17(29)27-23-16-24-22(15-21(23)14-13-19-9-5-3-6-10-19)26(31-18(2)30)25(28-24)20-11-7-4-8-12-20/h3-16,28H,1-2H3,(H,27,29)/b14-13+. The molecule has 31 heavy (non-hydrogen) atoms. The second kappa shape index (κ2) is 8.71. The topological polar surface area (TPSA) is 71.2 Å². The highest BCUT2D eigenvalue weighted by molar-refractivity contribution is 6.02. The summed E-state index contributed by atoms with van der Waals surface area (Å²) in [4.78, 5) is 27.0. The molecule has 1 aromatic heterocycles. The fourth-order valence-electron chi connectivity index (χ4n) is 3.48. The van der Waals surface area contributed by atoms with Crippen LogP contribution in [0.5, 0.6) is 5.75 Å². The van der Waals surface area contributed by atoms with Gasteiger partial charge in [-0.25, -0.2) is 0 Å². The molecule has 0 atom stereocenters. The van der Waals surface area contributed by atoms with Crippen LogP contribution in [0.25, 0.3) is 34.3 Å². The Morgan fingerprint density at radius 1 is 0.903 bits per heavy atom. The summed E-state index contributed by atoms with van der Waals surface area (Å²) in [6.07, 6.45) is 3.91. The maximum Gasteiger partial charge on any atom is 0.308 e. The van der Waals surface area contributed by atoms with Gasteiger partial charge in [-0.15, -0.1) is 0 Å². The molecule has 154 valence electrons. The first kappa shape index (κ1) is 20.2. The van der Waals surface area contributed by atoms with Crippen LogP contribution < -0.4 is 10.1 Å². The minimum atomic E-state index is -0.398. The molecular formula is C26H22N2O3. The van der Waals surface area contributed by atoms with Crippen molar-refractivity contribution in [2.75, 3.05) is 5.32 Å². The van der Waals surface area contributed by atoms with Crippen LogP contribution in [0.1, 0.15) is 25.0 Å². The molecular weight excluding hydrogens is 388 g/mol. The smallest absolute Gasteiger partial charge is 0.308 e. The number of amides is 1. The lowest BCUT2D eigenvalue weighted by Gasteiger charge is -2.08. The molecule has 5 heteroatoms. The molecule has 1 amide bonds. The van der Waals surface area contributed by atoms with Crippen molar-refractivity contribution in [2.45, 2.75) is 13.8 Å². The van der Waals surface area contributed by atoms with Gasteiger partial charge in [0.05, 0.1) is 16.9 Å². The molecule has 0 spiro atoms. The SMILES string of the molecule is CC(=O)Nc1cc2[nH]c(-c3ccccc3)c(OC(C)=O)c2cc1/C=C/c1ccccc1. The van der Waals surface area contributed by atoms with Crippen molar-refractivity contribution in [2.24, 2.45) is 0 Å². The Morgan fingerprint density at radius 2 is 1.58 bits per heavy atom. The van der Waals surface area contributed by atoms with E-state index in [4.69, 9.17) is 4.74 Å². The normalized spacial score (nSPS) is 11.0. The third-order valence-electron chi connectivity index (χ3n) is 4.79. The number of fused-ring (bicyclic) bond motifs is 1. The third kappa shape index (κ3) is 4.56. The Bertz CT molecular complexity index is 1270. The molecule has 4 aromatic rings. The summed E-state index contributed by atoms with van der Waals surface area (Å²) in [7, 11) is 0. The van der Waals surface area contributed by atoms with Crippen LogP contribution in [0.15, 0.2) is 72.8 Å². The van der Waals surface area contributed by atoms with Gasteiger partial charge in [-0.05, 0) is 23.3 Å². The van der Waals surface area contributed by atoms with E-state index < -0.39 is 5.97 Å². The zero-order valence-corrected chi connectivity index (χ0v) is 17.3. The number of H-pyrrole nitrogens is 1. The summed E-state index contributed by atoms with van der Waals surface area (Å²) in [5, 5.41) is 3.65. The third-order valence-corrected chi connectivity index (χ3v) is 4.79. The number of anilines is 1. The van der Waals surface area contributed by atoms with Crippen molar-refractivity contribution < 1.29 is 14.3 Å². The van der Waals surface area contributed by atoms with Gasteiger partial charge in [-0.2, -0.15) is 0 Å². The predicted molar refractivity (Wildman–Crippen MR) is 125 cm³/mol. The first-order valence-electron chi connectivity index (χ1n) is 9.95. The highest BCUT2D eigenvalue weighted by Crippen LogP contribution is 2.39. The van der Waals surface area contributed by atoms with Gasteiger partial charge >= 0.3 is 5.97 Å². The van der Waals surface area contributed by atoms with Gasteiger partial charge in [-0.3, -0.25) is 9.59 Å². The number of carbonyl (C=O) groups excluding carboxylic acids is 2. The summed E-state index contributed by atoms with van der Waals surface area (Å²) in [6.45, 7) is 2.86. The molecule has 5 nitrogen and oxygen atoms in total. The lowest BCUT2D eigenvalue weighted by Crippen LogP contribution is -2.07. The van der Waals surface area contributed by atoms with Gasteiger partial charge in [0, 0.05) is 24.8 Å². The fourth-order valence-corrected chi connectivity index (χ4v) is 3.48.